The molecule has 0 radical (unpaired) electrons. The van der Waals surface area contributed by atoms with Crippen LogP contribution in [0.4, 0.5) is 10.5 Å². The molecule has 4 saturated carbocycles. The van der Waals surface area contributed by atoms with Crippen molar-refractivity contribution in [1.29, 1.82) is 0 Å². The quantitative estimate of drug-likeness (QED) is 0.0318. The average molecular weight is 1330 g/mol. The lowest BCUT2D eigenvalue weighted by molar-refractivity contribution is -0.384. The monoisotopic (exact) mass is 1330 g/mol. The van der Waals surface area contributed by atoms with E-state index in [9.17, 15) is 44.6 Å². The SMILES string of the molecule is CO[C@H]1C(=O)[C@]2(C)[C@@H](OC)C[C@H]3OC[C@@]3(C)[C@H]2[C@H](C)[C@]2(O)C[C@H](OC(=O)[C@H](O)[C@@H](C)c3ccccc3)C(C)=C1C2(C)C.CO[C@H]1C(=O)[C@]2(C)[C@@H](OC)C[C@H]3OC[C@@]3(C)[C@H]2[C@H](C)[C@]2(O)C[C@H](OC(=O)[C@H](OC(=O)Oc3ccc([N+](=O)[O-])cc3)[C@@H](C)c3ccccc3)C(C)=C1C2(C)C. The highest BCUT2D eigenvalue weighted by Gasteiger charge is 2.75. The summed E-state index contributed by atoms with van der Waals surface area (Å²) in [5.74, 6) is -4.71. The Hall–Kier alpha value is -6.27. The summed E-state index contributed by atoms with van der Waals surface area (Å²) in [6.45, 7) is 27.9. The van der Waals surface area contributed by atoms with Gasteiger partial charge in [0.2, 0.25) is 6.10 Å². The van der Waals surface area contributed by atoms with Crippen LogP contribution < -0.4 is 4.74 Å². The summed E-state index contributed by atoms with van der Waals surface area (Å²) in [6.07, 6.45) is -7.95. The van der Waals surface area contributed by atoms with E-state index in [0.717, 1.165) is 5.56 Å². The fourth-order valence-corrected chi connectivity index (χ4v) is 19.9. The van der Waals surface area contributed by atoms with Crippen LogP contribution in [-0.2, 0) is 61.8 Å². The number of nitro groups is 1. The predicted octanol–water partition coefficient (Wildman–Crippen LogP) is 10.6. The highest BCUT2D eigenvalue weighted by molar-refractivity contribution is 5.94. The van der Waals surface area contributed by atoms with Gasteiger partial charge in [0.15, 0.2) is 17.7 Å². The molecule has 0 aromatic heterocycles. The Balaban J connectivity index is 0.000000215. The number of hydrogen-bond donors (Lipinski definition) is 3. The highest BCUT2D eigenvalue weighted by Crippen LogP contribution is 2.70. The van der Waals surface area contributed by atoms with Gasteiger partial charge >= 0.3 is 18.1 Å². The summed E-state index contributed by atoms with van der Waals surface area (Å²) in [7, 11) is 6.22. The van der Waals surface area contributed by atoms with Crippen LogP contribution in [0.5, 0.6) is 5.75 Å². The Labute approximate surface area is 563 Å². The second-order valence-electron chi connectivity index (χ2n) is 30.6. The third-order valence-corrected chi connectivity index (χ3v) is 25.5. The number of carbonyl (C=O) groups excluding carboxylic acids is 5. The number of aliphatic hydroxyl groups excluding tert-OH is 1. The predicted molar refractivity (Wildman–Crippen MR) is 351 cm³/mol. The van der Waals surface area contributed by atoms with Gasteiger partial charge in [-0.15, -0.1) is 0 Å². The summed E-state index contributed by atoms with van der Waals surface area (Å²) in [5, 5.41) is 48.3. The Bertz CT molecular complexity index is 3530. The maximum absolute atomic E-state index is 15.1. The van der Waals surface area contributed by atoms with E-state index in [1.54, 1.807) is 59.3 Å². The van der Waals surface area contributed by atoms with E-state index in [0.29, 0.717) is 53.9 Å². The van der Waals surface area contributed by atoms with E-state index in [2.05, 4.69) is 13.8 Å². The number of carbonyl (C=O) groups is 5. The lowest BCUT2D eigenvalue weighted by Crippen LogP contribution is -2.75. The standard InChI is InChI=1S/C41H51NO12.C34H48O8/c1-22(25-13-11-10-12-14-25)32(54-37(45)52-27-17-15-26(16-18-27)42(47)48)36(44)53-28-20-41(46)24(3)34-39(6)21-51-29(39)19-30(49-8)40(34,7)35(43)33(50-9)31(23(28)2)38(41,4)5;1-18(21-13-11-10-12-14-21)26(35)30(37)42-22-16-34(38)20(3)28-32(6)17-41-23(32)15-24(39-8)33(28,7)29(36)27(40-9)25(19(22)2)31(34,4)5/h10-18,22,24,28-30,32-34,46H,19-21H2,1-9H3;10-14,18,20,22-24,26-28,35,38H,15-17H2,1-9H3/t22-,24-,28-,29+,30-,32+,33+,34+,39+,40+,41+;18-,20-,22-,23+,24-,26+,27+,28+,32+,33+,34+/m00/s1. The molecule has 2 saturated heterocycles. The number of nitro benzene ring substituents is 1. The summed E-state index contributed by atoms with van der Waals surface area (Å²) in [6, 6.07) is 23.1. The van der Waals surface area contributed by atoms with Crippen molar-refractivity contribution in [2.24, 2.45) is 56.2 Å². The lowest BCUT2D eigenvalue weighted by atomic mass is 9.40. The molecule has 4 bridgehead atoms. The number of non-ortho nitro benzene ring substituents is 1. The van der Waals surface area contributed by atoms with E-state index in [-0.39, 0.29) is 59.4 Å². The first-order chi connectivity index (χ1) is 45.0. The maximum Gasteiger partial charge on any atom is 0.514 e. The number of ether oxygens (including phenoxy) is 10. The first-order valence-corrected chi connectivity index (χ1v) is 33.6. The topological polar surface area (TPSA) is 281 Å². The largest absolute Gasteiger partial charge is 0.514 e. The summed E-state index contributed by atoms with van der Waals surface area (Å²) in [5.41, 5.74) is -3.89. The fourth-order valence-electron chi connectivity index (χ4n) is 19.9. The van der Waals surface area contributed by atoms with E-state index >= 15 is 4.79 Å². The molecular weight excluding hydrogens is 1230 g/mol. The normalized spacial score (nSPS) is 38.3. The third-order valence-electron chi connectivity index (χ3n) is 25.5. The highest BCUT2D eigenvalue weighted by atomic mass is 16.7. The minimum Gasteiger partial charge on any atom is -0.456 e. The number of hydrogen-bond acceptors (Lipinski definition) is 20. The van der Waals surface area contributed by atoms with Gasteiger partial charge in [0.25, 0.3) is 5.69 Å². The number of fused-ring (bicyclic) bond motifs is 10. The van der Waals surface area contributed by atoms with Crippen molar-refractivity contribution in [1.82, 2.24) is 0 Å². The van der Waals surface area contributed by atoms with Crippen molar-refractivity contribution in [3.8, 4) is 5.75 Å². The van der Waals surface area contributed by atoms with Crippen LogP contribution in [0.15, 0.2) is 107 Å². The number of rotatable bonds is 15. The molecule has 2 heterocycles. The minimum absolute atomic E-state index is 0.00161. The Morgan fingerprint density at radius 3 is 1.35 bits per heavy atom. The van der Waals surface area contributed by atoms with Crippen LogP contribution in [0.2, 0.25) is 0 Å². The van der Waals surface area contributed by atoms with Crippen molar-refractivity contribution in [3.05, 3.63) is 128 Å². The van der Waals surface area contributed by atoms with Crippen molar-refractivity contribution in [3.63, 3.8) is 0 Å². The van der Waals surface area contributed by atoms with E-state index in [1.165, 1.54) is 38.5 Å². The number of methoxy groups -OCH3 is 4. The molecule has 0 amide bonds. The molecule has 0 unspecified atom stereocenters. The van der Waals surface area contributed by atoms with Crippen LogP contribution in [0.1, 0.15) is 146 Å². The third kappa shape index (κ3) is 11.1. The van der Waals surface area contributed by atoms with E-state index in [1.807, 2.05) is 98.7 Å². The Kier molecular flexibility index (Phi) is 19.7. The van der Waals surface area contributed by atoms with E-state index < -0.39 is 140 Å². The fraction of sp³-hybridized carbons (Fsp3) is 0.640. The molecule has 96 heavy (non-hydrogen) atoms. The zero-order valence-electron chi connectivity index (χ0n) is 58.8. The number of nitrogens with zero attached hydrogens (tertiary/aromatic N) is 1. The second-order valence-corrected chi connectivity index (χ2v) is 30.6. The molecule has 3 aromatic rings. The molecule has 6 aliphatic carbocycles. The van der Waals surface area contributed by atoms with Gasteiger partial charge in [-0.3, -0.25) is 19.7 Å². The van der Waals surface area contributed by atoms with Gasteiger partial charge in [-0.05, 0) is 96.9 Å². The molecule has 8 aliphatic rings. The summed E-state index contributed by atoms with van der Waals surface area (Å²) >= 11 is 0. The van der Waals surface area contributed by atoms with Crippen LogP contribution in [0, 0.1) is 66.3 Å². The smallest absolute Gasteiger partial charge is 0.456 e. The van der Waals surface area contributed by atoms with Crippen LogP contribution in [-0.4, -0.2) is 164 Å². The van der Waals surface area contributed by atoms with Crippen LogP contribution in [0.3, 0.4) is 0 Å². The van der Waals surface area contributed by atoms with Crippen LogP contribution >= 0.6 is 0 Å². The molecule has 3 aromatic carbocycles. The van der Waals surface area contributed by atoms with Gasteiger partial charge in [-0.1, -0.05) is 130 Å². The molecule has 21 nitrogen and oxygen atoms in total. The number of Topliss-reactive ketones (excluding diaryl/α,β-unsaturated/α-hetero) is 2. The molecule has 3 N–H and O–H groups in total. The zero-order chi connectivity index (χ0) is 70.5. The van der Waals surface area contributed by atoms with Gasteiger partial charge in [0, 0.05) is 99.8 Å². The summed E-state index contributed by atoms with van der Waals surface area (Å²) < 4.78 is 59.6. The Morgan fingerprint density at radius 1 is 0.594 bits per heavy atom. The first kappa shape index (κ1) is 72.5. The number of benzene rings is 3. The van der Waals surface area contributed by atoms with Crippen LogP contribution in [0.25, 0.3) is 0 Å². The number of esters is 2. The van der Waals surface area contributed by atoms with Gasteiger partial charge < -0.3 is 62.7 Å². The zero-order valence-corrected chi connectivity index (χ0v) is 58.8. The Morgan fingerprint density at radius 2 is 0.990 bits per heavy atom. The molecule has 0 spiro atoms. The first-order valence-electron chi connectivity index (χ1n) is 33.6. The van der Waals surface area contributed by atoms with Crippen molar-refractivity contribution in [2.45, 2.75) is 207 Å². The summed E-state index contributed by atoms with van der Waals surface area (Å²) in [4.78, 5) is 81.4. The van der Waals surface area contributed by atoms with Crippen molar-refractivity contribution < 1.29 is 91.6 Å². The van der Waals surface area contributed by atoms with Gasteiger partial charge in [0.1, 0.15) is 30.2 Å². The molecule has 6 fully saturated rings. The second kappa shape index (κ2) is 26.1. The van der Waals surface area contributed by atoms with Gasteiger partial charge in [0.05, 0.1) is 64.6 Å². The molecule has 21 heteroatoms. The molecule has 524 valence electrons. The van der Waals surface area contributed by atoms with E-state index in [4.69, 9.17) is 47.4 Å². The molecular formula is C75H99NO20. The number of aliphatic hydroxyl groups is 3. The molecule has 22 atom stereocenters. The lowest BCUT2D eigenvalue weighted by Gasteiger charge is -2.69. The van der Waals surface area contributed by atoms with Gasteiger partial charge in [-0.2, -0.15) is 0 Å². The number of ketones is 2. The molecule has 11 rings (SSSR count). The van der Waals surface area contributed by atoms with Gasteiger partial charge in [-0.25, -0.2) is 14.4 Å². The maximum atomic E-state index is 15.1. The van der Waals surface area contributed by atoms with Crippen molar-refractivity contribution >= 4 is 35.3 Å². The van der Waals surface area contributed by atoms with Crippen molar-refractivity contribution in [2.75, 3.05) is 41.7 Å². The average Bonchev–Trinajstić information content (AvgIpc) is 0.681. The minimum atomic E-state index is -1.52. The molecule has 2 aliphatic heterocycles.